The van der Waals surface area contributed by atoms with E-state index in [4.69, 9.17) is 44.1 Å². The van der Waals surface area contributed by atoms with Crippen molar-refractivity contribution in [3.05, 3.63) is 51.9 Å². The average molecular weight is 480 g/mol. The molecule has 5 heterocycles. The van der Waals surface area contributed by atoms with Crippen molar-refractivity contribution in [3.8, 4) is 0 Å². The van der Waals surface area contributed by atoms with Gasteiger partial charge < -0.3 is 15.9 Å². The molecule has 0 aromatic carbocycles. The van der Waals surface area contributed by atoms with Crippen molar-refractivity contribution in [1.82, 2.24) is 20.3 Å². The molecule has 3 aliphatic rings. The molecule has 2 aromatic heterocycles. The summed E-state index contributed by atoms with van der Waals surface area (Å²) < 4.78 is 19.4. The summed E-state index contributed by atoms with van der Waals surface area (Å²) in [7, 11) is 0. The summed E-state index contributed by atoms with van der Waals surface area (Å²) in [6.45, 7) is 1.24. The monoisotopic (exact) mass is 479 g/mol. The van der Waals surface area contributed by atoms with E-state index in [1.165, 1.54) is 11.1 Å². The number of fused-ring (bicyclic) bond motifs is 1. The number of nitrogens with zero attached hydrogens (tertiary/aromatic N) is 6. The lowest BCUT2D eigenvalue weighted by molar-refractivity contribution is 0.146. The van der Waals surface area contributed by atoms with E-state index < -0.39 is 11.5 Å². The van der Waals surface area contributed by atoms with Gasteiger partial charge >= 0.3 is 0 Å². The number of furan rings is 1. The van der Waals surface area contributed by atoms with Crippen LogP contribution in [0.4, 0.5) is 4.39 Å². The van der Waals surface area contributed by atoms with Gasteiger partial charge in [-0.15, -0.1) is 0 Å². The Morgan fingerprint density at radius 1 is 1.31 bits per heavy atom. The first-order valence-corrected chi connectivity index (χ1v) is 10.7. The van der Waals surface area contributed by atoms with Gasteiger partial charge in [0.1, 0.15) is 5.76 Å². The fraction of sp³-hybridized carbons (Fsp3) is 0.368. The molecule has 2 atom stereocenters. The van der Waals surface area contributed by atoms with E-state index in [-0.39, 0.29) is 28.1 Å². The minimum atomic E-state index is -0.960. The van der Waals surface area contributed by atoms with E-state index in [0.717, 1.165) is 19.4 Å². The van der Waals surface area contributed by atoms with Gasteiger partial charge in [0.15, 0.2) is 16.6 Å². The highest BCUT2D eigenvalue weighted by molar-refractivity contribution is 6.32. The van der Waals surface area contributed by atoms with Gasteiger partial charge in [-0.05, 0) is 37.6 Å². The van der Waals surface area contributed by atoms with Crippen molar-refractivity contribution in [1.29, 1.82) is 0 Å². The lowest BCUT2D eigenvalue weighted by atomic mass is 9.97. The maximum atomic E-state index is 13.7. The molecule has 0 spiro atoms. The van der Waals surface area contributed by atoms with Crippen molar-refractivity contribution in [3.63, 3.8) is 0 Å². The third-order valence-electron chi connectivity index (χ3n) is 5.73. The molecule has 2 aromatic rings. The van der Waals surface area contributed by atoms with Crippen LogP contribution < -0.4 is 16.9 Å². The Morgan fingerprint density at radius 2 is 2.16 bits per heavy atom. The van der Waals surface area contributed by atoms with Gasteiger partial charge in [0.2, 0.25) is 17.9 Å². The van der Waals surface area contributed by atoms with E-state index in [2.05, 4.69) is 25.3 Å². The second-order valence-electron chi connectivity index (χ2n) is 7.80. The van der Waals surface area contributed by atoms with E-state index in [9.17, 15) is 4.39 Å². The number of nitrogens with two attached hydrogens (primary N) is 2. The van der Waals surface area contributed by atoms with Crippen LogP contribution in [-0.4, -0.2) is 45.4 Å². The lowest BCUT2D eigenvalue weighted by Gasteiger charge is -2.33. The van der Waals surface area contributed by atoms with Gasteiger partial charge in [-0.2, -0.15) is 15.4 Å². The third kappa shape index (κ3) is 3.71. The summed E-state index contributed by atoms with van der Waals surface area (Å²) in [6, 6.07) is 4.91. The standard InChI is InChI=1S/C19H20Cl2FN9O/c20-11-7-12(22)15(21)25-13(11)9-30-5-1-3-10(30)8-19(14-4-2-6-32-14)28-18-27-16(23)26-17(24)31(18)29-19/h2,4,6-7,10,29H,1,3,5,8-9H2,(H4,23,24,26,27,28). The molecule has 13 heteroatoms. The number of hydrogen-bond donors (Lipinski definition) is 3. The smallest absolute Gasteiger partial charge is 0.248 e. The largest absolute Gasteiger partial charge is 0.465 e. The molecular weight excluding hydrogens is 460 g/mol. The van der Waals surface area contributed by atoms with Gasteiger partial charge in [-0.3, -0.25) is 4.90 Å². The molecule has 1 saturated heterocycles. The molecule has 5 rings (SSSR count). The predicted octanol–water partition coefficient (Wildman–Crippen LogP) is 2.15. The fourth-order valence-corrected chi connectivity index (χ4v) is 4.64. The van der Waals surface area contributed by atoms with Gasteiger partial charge in [0.05, 0.1) is 17.0 Å². The van der Waals surface area contributed by atoms with Crippen LogP contribution in [0.2, 0.25) is 10.2 Å². The second kappa shape index (κ2) is 8.00. The molecule has 3 aliphatic heterocycles. The molecule has 5 N–H and O–H groups in total. The quantitative estimate of drug-likeness (QED) is 0.559. The lowest BCUT2D eigenvalue weighted by Crippen LogP contribution is -2.55. The summed E-state index contributed by atoms with van der Waals surface area (Å²) >= 11 is 12.1. The molecule has 1 fully saturated rings. The Bertz CT molecular complexity index is 1140. The maximum absolute atomic E-state index is 13.7. The molecule has 0 amide bonds. The Hall–Kier alpha value is -2.73. The average Bonchev–Trinajstić information content (AvgIpc) is 3.47. The van der Waals surface area contributed by atoms with E-state index in [1.807, 2.05) is 6.07 Å². The predicted molar refractivity (Wildman–Crippen MR) is 118 cm³/mol. The highest BCUT2D eigenvalue weighted by atomic mass is 35.5. The number of rotatable bonds is 5. The summed E-state index contributed by atoms with van der Waals surface area (Å²) in [5.74, 6) is 0.451. The van der Waals surface area contributed by atoms with Crippen LogP contribution in [0.25, 0.3) is 0 Å². The van der Waals surface area contributed by atoms with Crippen molar-refractivity contribution >= 4 is 41.1 Å². The first-order chi connectivity index (χ1) is 15.3. The van der Waals surface area contributed by atoms with Crippen molar-refractivity contribution in [2.24, 2.45) is 26.4 Å². The number of hydrazine groups is 1. The van der Waals surface area contributed by atoms with Gasteiger partial charge in [0.25, 0.3) is 0 Å². The fourth-order valence-electron chi connectivity index (χ4n) is 4.28. The highest BCUT2D eigenvalue weighted by Crippen LogP contribution is 2.38. The van der Waals surface area contributed by atoms with Crippen LogP contribution in [0.1, 0.15) is 30.7 Å². The molecule has 10 nitrogen and oxygen atoms in total. The zero-order valence-electron chi connectivity index (χ0n) is 16.8. The number of hydrogen-bond acceptors (Lipinski definition) is 10. The number of pyridine rings is 1. The van der Waals surface area contributed by atoms with Crippen LogP contribution in [0.15, 0.2) is 43.9 Å². The number of likely N-dealkylation sites (tertiary alicyclic amines) is 1. The SMILES string of the molecule is NC1=NC2=NC(CC3CCCN3Cc3nc(Cl)c(F)cc3Cl)(c3ccco3)NN2C(N)=N1. The molecule has 0 radical (unpaired) electrons. The Balaban J connectivity index is 1.44. The Kier molecular flexibility index (Phi) is 5.28. The molecular formula is C19H20Cl2FN9O. The third-order valence-corrected chi connectivity index (χ3v) is 6.32. The number of aromatic nitrogens is 1. The number of nitrogens with one attached hydrogen (secondary N) is 1. The van der Waals surface area contributed by atoms with Gasteiger partial charge in [-0.1, -0.05) is 23.2 Å². The zero-order chi connectivity index (χ0) is 22.5. The van der Waals surface area contributed by atoms with E-state index in [0.29, 0.717) is 30.4 Å². The molecule has 0 aliphatic carbocycles. The molecule has 32 heavy (non-hydrogen) atoms. The minimum absolute atomic E-state index is 0.0333. The number of aliphatic imine (C=N–C) groups is 3. The summed E-state index contributed by atoms with van der Waals surface area (Å²) in [6.07, 6.45) is 4.01. The van der Waals surface area contributed by atoms with Crippen molar-refractivity contribution in [2.45, 2.75) is 37.5 Å². The maximum Gasteiger partial charge on any atom is 0.248 e. The summed E-state index contributed by atoms with van der Waals surface area (Å²) in [5, 5.41) is 1.54. The second-order valence-corrected chi connectivity index (χ2v) is 8.56. The van der Waals surface area contributed by atoms with Crippen LogP contribution in [0, 0.1) is 5.82 Å². The van der Waals surface area contributed by atoms with Crippen LogP contribution in [0.3, 0.4) is 0 Å². The zero-order valence-corrected chi connectivity index (χ0v) is 18.3. The van der Waals surface area contributed by atoms with E-state index >= 15 is 0 Å². The Morgan fingerprint density at radius 3 is 2.94 bits per heavy atom. The topological polar surface area (TPSA) is 134 Å². The van der Waals surface area contributed by atoms with E-state index in [1.54, 1.807) is 12.3 Å². The molecule has 0 bridgehead atoms. The van der Waals surface area contributed by atoms with Crippen LogP contribution >= 0.6 is 23.2 Å². The van der Waals surface area contributed by atoms with Crippen LogP contribution in [-0.2, 0) is 12.2 Å². The molecule has 168 valence electrons. The van der Waals surface area contributed by atoms with Crippen molar-refractivity contribution in [2.75, 3.05) is 6.54 Å². The first-order valence-electron chi connectivity index (χ1n) is 9.99. The van der Waals surface area contributed by atoms with Crippen LogP contribution in [0.5, 0.6) is 0 Å². The first kappa shape index (κ1) is 21.1. The molecule has 0 saturated carbocycles. The van der Waals surface area contributed by atoms with Gasteiger partial charge in [-0.25, -0.2) is 19.4 Å². The summed E-state index contributed by atoms with van der Waals surface area (Å²) in [4.78, 5) is 19.4. The van der Waals surface area contributed by atoms with Gasteiger partial charge in [0, 0.05) is 19.0 Å². The highest BCUT2D eigenvalue weighted by Gasteiger charge is 2.48. The normalized spacial score (nSPS) is 25.5. The molecule has 2 unspecified atom stereocenters. The number of halogens is 3. The number of guanidine groups is 3. The van der Waals surface area contributed by atoms with Crippen molar-refractivity contribution < 1.29 is 8.81 Å². The Labute approximate surface area is 192 Å². The minimum Gasteiger partial charge on any atom is -0.465 e. The summed E-state index contributed by atoms with van der Waals surface area (Å²) in [5.41, 5.74) is 14.6.